The van der Waals surface area contributed by atoms with E-state index in [2.05, 4.69) is 51.0 Å². The van der Waals surface area contributed by atoms with Gasteiger partial charge in [0.25, 0.3) is 0 Å². The lowest BCUT2D eigenvalue weighted by molar-refractivity contribution is -0.00911. The Bertz CT molecular complexity index is 428. The van der Waals surface area contributed by atoms with Gasteiger partial charge in [-0.2, -0.15) is 0 Å². The summed E-state index contributed by atoms with van der Waals surface area (Å²) in [6, 6.07) is 3.77. The van der Waals surface area contributed by atoms with E-state index in [1.807, 2.05) is 12.1 Å². The molecule has 2 rings (SSSR count). The third-order valence-corrected chi connectivity index (χ3v) is 4.54. The van der Waals surface area contributed by atoms with Crippen LogP contribution in [0, 0.1) is 0 Å². The van der Waals surface area contributed by atoms with Gasteiger partial charge in [-0.3, -0.25) is 0 Å². The van der Waals surface area contributed by atoms with Gasteiger partial charge < -0.3 is 10.1 Å². The van der Waals surface area contributed by atoms with Crippen molar-refractivity contribution in [3.05, 3.63) is 26.1 Å². The van der Waals surface area contributed by atoms with Crippen LogP contribution in [0.2, 0.25) is 5.02 Å². The van der Waals surface area contributed by atoms with Crippen LogP contribution in [0.5, 0.6) is 0 Å². The lowest BCUT2D eigenvalue weighted by Crippen LogP contribution is -2.25. The number of benzene rings is 1. The first-order chi connectivity index (χ1) is 8.37. The van der Waals surface area contributed by atoms with Crippen LogP contribution in [0.3, 0.4) is 0 Å². The van der Waals surface area contributed by atoms with E-state index in [0.717, 1.165) is 34.0 Å². The quantitative estimate of drug-likeness (QED) is 0.754. The van der Waals surface area contributed by atoms with Crippen LogP contribution in [-0.2, 0) is 4.74 Å². The Labute approximate surface area is 130 Å². The second kappa shape index (κ2) is 5.70. The molecule has 1 unspecified atom stereocenters. The second-order valence-electron chi connectivity index (χ2n) is 5.16. The average molecular weight is 398 g/mol. The number of hydrogen-bond acceptors (Lipinski definition) is 2. The highest BCUT2D eigenvalue weighted by atomic mass is 79.9. The Hall–Kier alpha value is 0.230. The van der Waals surface area contributed by atoms with Crippen molar-refractivity contribution in [2.24, 2.45) is 0 Å². The second-order valence-corrected chi connectivity index (χ2v) is 7.31. The Balaban J connectivity index is 1.99. The van der Waals surface area contributed by atoms with E-state index in [4.69, 9.17) is 16.3 Å². The van der Waals surface area contributed by atoms with E-state index in [9.17, 15) is 0 Å². The summed E-state index contributed by atoms with van der Waals surface area (Å²) in [5, 5.41) is 4.12. The minimum absolute atomic E-state index is 0.0147. The summed E-state index contributed by atoms with van der Waals surface area (Å²) < 4.78 is 7.87. The molecule has 1 aliphatic heterocycles. The van der Waals surface area contributed by atoms with Crippen molar-refractivity contribution in [1.29, 1.82) is 0 Å². The van der Waals surface area contributed by atoms with Crippen molar-refractivity contribution in [2.75, 3.05) is 11.9 Å². The normalized spacial score (nSPS) is 22.2. The molecule has 1 aliphatic rings. The van der Waals surface area contributed by atoms with E-state index in [1.54, 1.807) is 0 Å². The summed E-state index contributed by atoms with van der Waals surface area (Å²) in [7, 11) is 0. The summed E-state index contributed by atoms with van der Waals surface area (Å²) in [5.74, 6) is 0. The SMILES string of the molecule is CC1(C)CCC(CNc2c(Br)cc(Cl)cc2Br)O1. The Morgan fingerprint density at radius 2 is 2.00 bits per heavy atom. The van der Waals surface area contributed by atoms with Crippen LogP contribution in [-0.4, -0.2) is 18.2 Å². The van der Waals surface area contributed by atoms with Gasteiger partial charge in [-0.1, -0.05) is 11.6 Å². The highest BCUT2D eigenvalue weighted by Gasteiger charge is 2.31. The first-order valence-corrected chi connectivity index (χ1v) is 7.90. The molecule has 5 heteroatoms. The molecule has 1 atom stereocenters. The molecule has 2 nitrogen and oxygen atoms in total. The zero-order valence-corrected chi connectivity index (χ0v) is 14.3. The summed E-state index contributed by atoms with van der Waals surface area (Å²) in [5.41, 5.74) is 1.04. The molecule has 0 spiro atoms. The zero-order chi connectivity index (χ0) is 13.3. The van der Waals surface area contributed by atoms with Gasteiger partial charge in [0.1, 0.15) is 0 Å². The predicted octanol–water partition coefficient (Wildman–Crippen LogP) is 5.23. The van der Waals surface area contributed by atoms with E-state index >= 15 is 0 Å². The van der Waals surface area contributed by atoms with E-state index < -0.39 is 0 Å². The molecule has 1 heterocycles. The predicted molar refractivity (Wildman–Crippen MR) is 83.5 cm³/mol. The molecule has 18 heavy (non-hydrogen) atoms. The zero-order valence-electron chi connectivity index (χ0n) is 10.4. The fourth-order valence-corrected chi connectivity index (χ4v) is 4.10. The number of halogens is 3. The van der Waals surface area contributed by atoms with Gasteiger partial charge in [0, 0.05) is 20.5 Å². The topological polar surface area (TPSA) is 21.3 Å². The lowest BCUT2D eigenvalue weighted by Gasteiger charge is -2.20. The van der Waals surface area contributed by atoms with Gasteiger partial charge in [0.15, 0.2) is 0 Å². The number of hydrogen-bond donors (Lipinski definition) is 1. The number of ether oxygens (including phenoxy) is 1. The molecule has 1 aromatic rings. The molecule has 1 aromatic carbocycles. The average Bonchev–Trinajstić information content (AvgIpc) is 2.56. The highest BCUT2D eigenvalue weighted by Crippen LogP contribution is 2.35. The third kappa shape index (κ3) is 3.62. The van der Waals surface area contributed by atoms with Gasteiger partial charge in [-0.05, 0) is 70.7 Å². The Kier molecular flexibility index (Phi) is 4.63. The molecule has 0 amide bonds. The van der Waals surface area contributed by atoms with Gasteiger partial charge in [-0.25, -0.2) is 0 Å². The molecule has 0 radical (unpaired) electrons. The minimum atomic E-state index is 0.0147. The maximum atomic E-state index is 5.97. The number of rotatable bonds is 3. The van der Waals surface area contributed by atoms with Crippen molar-refractivity contribution in [1.82, 2.24) is 0 Å². The van der Waals surface area contributed by atoms with Crippen LogP contribution in [0.1, 0.15) is 26.7 Å². The van der Waals surface area contributed by atoms with E-state index in [-0.39, 0.29) is 11.7 Å². The van der Waals surface area contributed by atoms with Gasteiger partial charge in [0.05, 0.1) is 17.4 Å². The van der Waals surface area contributed by atoms with Crippen LogP contribution < -0.4 is 5.32 Å². The molecule has 0 aliphatic carbocycles. The van der Waals surface area contributed by atoms with Crippen LogP contribution >= 0.6 is 43.5 Å². The van der Waals surface area contributed by atoms with Crippen molar-refractivity contribution in [3.63, 3.8) is 0 Å². The van der Waals surface area contributed by atoms with Crippen LogP contribution in [0.4, 0.5) is 5.69 Å². The first-order valence-electron chi connectivity index (χ1n) is 5.94. The monoisotopic (exact) mass is 395 g/mol. The maximum absolute atomic E-state index is 5.97. The van der Waals surface area contributed by atoms with Crippen molar-refractivity contribution < 1.29 is 4.74 Å². The molecule has 0 saturated carbocycles. The molecule has 1 fully saturated rings. The summed E-state index contributed by atoms with van der Waals surface area (Å²) in [6.07, 6.45) is 2.49. The van der Waals surface area contributed by atoms with Crippen molar-refractivity contribution in [3.8, 4) is 0 Å². The molecule has 1 saturated heterocycles. The molecule has 0 aromatic heterocycles. The third-order valence-electron chi connectivity index (χ3n) is 3.07. The maximum Gasteiger partial charge on any atom is 0.0755 e. The van der Waals surface area contributed by atoms with Gasteiger partial charge >= 0.3 is 0 Å². The molecule has 100 valence electrons. The highest BCUT2D eigenvalue weighted by molar-refractivity contribution is 9.11. The van der Waals surface area contributed by atoms with Crippen LogP contribution in [0.15, 0.2) is 21.1 Å². The largest absolute Gasteiger partial charge is 0.381 e. The standard InChI is InChI=1S/C13H16Br2ClNO/c1-13(2)4-3-9(18-13)7-17-12-10(14)5-8(16)6-11(12)15/h5-6,9,17H,3-4,7H2,1-2H3. The Morgan fingerprint density at radius 3 is 2.50 bits per heavy atom. The molecule has 1 N–H and O–H groups in total. The fourth-order valence-electron chi connectivity index (χ4n) is 2.15. The van der Waals surface area contributed by atoms with Gasteiger partial charge in [0.2, 0.25) is 0 Å². The number of anilines is 1. The first kappa shape index (κ1) is 14.6. The summed E-state index contributed by atoms with van der Waals surface area (Å²) in [4.78, 5) is 0. The lowest BCUT2D eigenvalue weighted by atomic mass is 10.1. The molecule has 0 bridgehead atoms. The smallest absolute Gasteiger partial charge is 0.0755 e. The summed E-state index contributed by atoms with van der Waals surface area (Å²) in [6.45, 7) is 5.09. The molecular formula is C13H16Br2ClNO. The Morgan fingerprint density at radius 1 is 1.39 bits per heavy atom. The van der Waals surface area contributed by atoms with E-state index in [0.29, 0.717) is 5.02 Å². The molecular weight excluding hydrogens is 381 g/mol. The van der Waals surface area contributed by atoms with E-state index in [1.165, 1.54) is 0 Å². The fraction of sp³-hybridized carbons (Fsp3) is 0.538. The van der Waals surface area contributed by atoms with Gasteiger partial charge in [-0.15, -0.1) is 0 Å². The van der Waals surface area contributed by atoms with Crippen molar-refractivity contribution in [2.45, 2.75) is 38.4 Å². The summed E-state index contributed by atoms with van der Waals surface area (Å²) >= 11 is 13.0. The number of nitrogens with one attached hydrogen (secondary N) is 1. The van der Waals surface area contributed by atoms with Crippen LogP contribution in [0.25, 0.3) is 0 Å². The van der Waals surface area contributed by atoms with Crippen molar-refractivity contribution >= 4 is 49.1 Å². The minimum Gasteiger partial charge on any atom is -0.381 e.